The van der Waals surface area contributed by atoms with Crippen molar-refractivity contribution < 1.29 is 14.1 Å². The van der Waals surface area contributed by atoms with E-state index in [1.54, 1.807) is 35.2 Å². The van der Waals surface area contributed by atoms with Crippen molar-refractivity contribution in [2.45, 2.75) is 19.4 Å². The van der Waals surface area contributed by atoms with Crippen molar-refractivity contribution in [2.75, 3.05) is 0 Å². The molecule has 2 heterocycles. The maximum Gasteiger partial charge on any atom is 0.269 e. The first-order valence-corrected chi connectivity index (χ1v) is 9.73. The lowest BCUT2D eigenvalue weighted by Crippen LogP contribution is -2.27. The number of amides is 1. The van der Waals surface area contributed by atoms with Crippen LogP contribution >= 0.6 is 0 Å². The van der Waals surface area contributed by atoms with Gasteiger partial charge >= 0.3 is 0 Å². The lowest BCUT2D eigenvalue weighted by molar-refractivity contribution is -0.384. The fourth-order valence-electron chi connectivity index (χ4n) is 3.31. The van der Waals surface area contributed by atoms with E-state index in [0.29, 0.717) is 22.6 Å². The third-order valence-electron chi connectivity index (χ3n) is 4.86. The van der Waals surface area contributed by atoms with E-state index in [9.17, 15) is 14.9 Å². The van der Waals surface area contributed by atoms with E-state index in [-0.39, 0.29) is 24.1 Å². The van der Waals surface area contributed by atoms with E-state index in [1.807, 2.05) is 43.5 Å². The predicted octanol–water partition coefficient (Wildman–Crippen LogP) is 4.46. The number of carbonyl (C=O) groups excluding carboxylic acids is 1. The van der Waals surface area contributed by atoms with Crippen molar-refractivity contribution in [3.63, 3.8) is 0 Å². The first-order chi connectivity index (χ1) is 15.0. The van der Waals surface area contributed by atoms with Crippen molar-refractivity contribution >= 4 is 11.6 Å². The van der Waals surface area contributed by atoms with E-state index >= 15 is 0 Å². The third kappa shape index (κ3) is 4.53. The van der Waals surface area contributed by atoms with Gasteiger partial charge in [0.2, 0.25) is 5.91 Å². The predicted molar refractivity (Wildman–Crippen MR) is 115 cm³/mol. The Morgan fingerprint density at radius 2 is 1.87 bits per heavy atom. The van der Waals surface area contributed by atoms with Crippen LogP contribution in [0.3, 0.4) is 0 Å². The number of aromatic nitrogens is 2. The molecule has 0 aliphatic rings. The molecule has 2 aromatic carbocycles. The van der Waals surface area contributed by atoms with Crippen LogP contribution in [0, 0.1) is 10.1 Å². The van der Waals surface area contributed by atoms with Crippen LogP contribution in [0.25, 0.3) is 16.9 Å². The highest BCUT2D eigenvalue weighted by Gasteiger charge is 2.18. The summed E-state index contributed by atoms with van der Waals surface area (Å²) in [6.07, 6.45) is 3.47. The minimum atomic E-state index is -0.448. The van der Waals surface area contributed by atoms with Gasteiger partial charge in [-0.2, -0.15) is 5.10 Å². The average molecular weight is 416 g/mol. The van der Waals surface area contributed by atoms with E-state index in [0.717, 1.165) is 5.69 Å². The molecule has 1 atom stereocenters. The van der Waals surface area contributed by atoms with Crippen LogP contribution in [-0.2, 0) is 11.2 Å². The highest BCUT2D eigenvalue weighted by Crippen LogP contribution is 2.26. The zero-order chi connectivity index (χ0) is 21.8. The molecule has 156 valence electrons. The van der Waals surface area contributed by atoms with Crippen LogP contribution in [0.4, 0.5) is 5.69 Å². The zero-order valence-corrected chi connectivity index (χ0v) is 16.8. The topological polar surface area (TPSA) is 103 Å². The van der Waals surface area contributed by atoms with Gasteiger partial charge in [-0.05, 0) is 43.3 Å². The summed E-state index contributed by atoms with van der Waals surface area (Å²) in [6.45, 7) is 1.85. The minimum absolute atomic E-state index is 0.00203. The van der Waals surface area contributed by atoms with E-state index in [4.69, 9.17) is 4.42 Å². The summed E-state index contributed by atoms with van der Waals surface area (Å²) in [5.74, 6) is 0.489. The number of para-hydroxylation sites is 1. The Hall–Kier alpha value is -4.20. The molecule has 0 bridgehead atoms. The minimum Gasteiger partial charge on any atom is -0.467 e. The lowest BCUT2D eigenvalue weighted by atomic mass is 10.1. The number of nitrogens with one attached hydrogen (secondary N) is 1. The second-order valence-corrected chi connectivity index (χ2v) is 7.07. The molecular weight excluding hydrogens is 396 g/mol. The Bertz CT molecular complexity index is 1180. The molecule has 1 N–H and O–H groups in total. The van der Waals surface area contributed by atoms with Gasteiger partial charge in [0.1, 0.15) is 5.76 Å². The highest BCUT2D eigenvalue weighted by atomic mass is 16.6. The lowest BCUT2D eigenvalue weighted by Gasteiger charge is -2.11. The summed E-state index contributed by atoms with van der Waals surface area (Å²) in [5.41, 5.74) is 2.85. The van der Waals surface area contributed by atoms with Gasteiger partial charge in [-0.1, -0.05) is 18.2 Å². The summed E-state index contributed by atoms with van der Waals surface area (Å²) in [7, 11) is 0. The molecule has 1 amide bonds. The summed E-state index contributed by atoms with van der Waals surface area (Å²) >= 11 is 0. The van der Waals surface area contributed by atoms with Gasteiger partial charge in [-0.25, -0.2) is 4.68 Å². The molecule has 8 heteroatoms. The van der Waals surface area contributed by atoms with Gasteiger partial charge in [-0.3, -0.25) is 14.9 Å². The van der Waals surface area contributed by atoms with Crippen LogP contribution in [0.2, 0.25) is 0 Å². The highest BCUT2D eigenvalue weighted by molar-refractivity contribution is 5.81. The molecule has 0 saturated carbocycles. The number of nitro benzene ring substituents is 1. The van der Waals surface area contributed by atoms with Gasteiger partial charge in [0.05, 0.1) is 35.0 Å². The van der Waals surface area contributed by atoms with E-state index < -0.39 is 4.92 Å². The number of furan rings is 1. The number of carbonyl (C=O) groups is 1. The largest absolute Gasteiger partial charge is 0.467 e. The summed E-state index contributed by atoms with van der Waals surface area (Å²) in [4.78, 5) is 23.2. The molecule has 8 nitrogen and oxygen atoms in total. The maximum atomic E-state index is 12.7. The van der Waals surface area contributed by atoms with Crippen molar-refractivity contribution in [3.05, 3.63) is 101 Å². The smallest absolute Gasteiger partial charge is 0.269 e. The van der Waals surface area contributed by atoms with Gasteiger partial charge in [0.15, 0.2) is 0 Å². The van der Waals surface area contributed by atoms with Crippen LogP contribution in [0.1, 0.15) is 24.3 Å². The van der Waals surface area contributed by atoms with Gasteiger partial charge in [0.25, 0.3) is 5.69 Å². The fourth-order valence-corrected chi connectivity index (χ4v) is 3.31. The van der Waals surface area contributed by atoms with E-state index in [1.165, 1.54) is 12.1 Å². The first kappa shape index (κ1) is 20.1. The second-order valence-electron chi connectivity index (χ2n) is 7.07. The number of rotatable bonds is 7. The SMILES string of the molecule is C[C@@H](NC(=O)Cc1cn(-c2ccccc2)nc1-c1ccc([N+](=O)[O-])cc1)c1ccco1. The first-order valence-electron chi connectivity index (χ1n) is 9.73. The second kappa shape index (κ2) is 8.66. The molecule has 0 spiro atoms. The van der Waals surface area contributed by atoms with Crippen LogP contribution in [-0.4, -0.2) is 20.6 Å². The van der Waals surface area contributed by atoms with Crippen LogP contribution in [0.15, 0.2) is 83.6 Å². The maximum absolute atomic E-state index is 12.7. The Balaban J connectivity index is 1.64. The molecule has 4 rings (SSSR count). The molecule has 0 fully saturated rings. The Kier molecular flexibility index (Phi) is 5.61. The molecule has 31 heavy (non-hydrogen) atoms. The molecule has 0 radical (unpaired) electrons. The summed E-state index contributed by atoms with van der Waals surface area (Å²) < 4.78 is 7.05. The quantitative estimate of drug-likeness (QED) is 0.354. The molecule has 0 unspecified atom stereocenters. The van der Waals surface area contributed by atoms with Crippen LogP contribution in [0.5, 0.6) is 0 Å². The number of benzene rings is 2. The number of hydrogen-bond acceptors (Lipinski definition) is 5. The normalized spacial score (nSPS) is 11.8. The molecule has 0 aliphatic heterocycles. The number of non-ortho nitro benzene ring substituents is 1. The molecule has 0 aliphatic carbocycles. The Morgan fingerprint density at radius 1 is 1.13 bits per heavy atom. The van der Waals surface area contributed by atoms with E-state index in [2.05, 4.69) is 10.4 Å². The molecular formula is C23H20N4O4. The summed E-state index contributed by atoms with van der Waals surface area (Å²) in [5, 5.41) is 18.6. The van der Waals surface area contributed by atoms with Crippen molar-refractivity contribution in [1.82, 2.24) is 15.1 Å². The summed E-state index contributed by atoms with van der Waals surface area (Å²) in [6, 6.07) is 19.0. The van der Waals surface area contributed by atoms with Crippen molar-refractivity contribution in [2.24, 2.45) is 0 Å². The molecule has 2 aromatic heterocycles. The molecule has 0 saturated heterocycles. The fraction of sp³-hybridized carbons (Fsp3) is 0.130. The van der Waals surface area contributed by atoms with Gasteiger partial charge in [0, 0.05) is 29.5 Å². The number of hydrogen-bond donors (Lipinski definition) is 1. The number of nitro groups is 1. The van der Waals surface area contributed by atoms with Gasteiger partial charge in [-0.15, -0.1) is 0 Å². The number of nitrogens with zero attached hydrogens (tertiary/aromatic N) is 3. The van der Waals surface area contributed by atoms with Crippen LogP contribution < -0.4 is 5.32 Å². The zero-order valence-electron chi connectivity index (χ0n) is 16.8. The molecule has 4 aromatic rings. The van der Waals surface area contributed by atoms with Crippen molar-refractivity contribution in [3.8, 4) is 16.9 Å². The van der Waals surface area contributed by atoms with Gasteiger partial charge < -0.3 is 9.73 Å². The third-order valence-corrected chi connectivity index (χ3v) is 4.86. The van der Waals surface area contributed by atoms with Crippen molar-refractivity contribution in [1.29, 1.82) is 0 Å². The monoisotopic (exact) mass is 416 g/mol. The average Bonchev–Trinajstić information content (AvgIpc) is 3.45. The Labute approximate surface area is 178 Å². The Morgan fingerprint density at radius 3 is 2.52 bits per heavy atom. The standard InChI is InChI=1S/C23H20N4O4/c1-16(21-8-5-13-31-21)24-22(28)14-18-15-26(19-6-3-2-4-7-19)25-23(18)17-9-11-20(12-10-17)27(29)30/h2-13,15-16H,14H2,1H3,(H,24,28)/t16-/m1/s1.